The molecule has 1 aromatic carbocycles. The number of carbonyl (C=O) groups excluding carboxylic acids is 1. The Bertz CT molecular complexity index is 526. The van der Waals surface area contributed by atoms with Crippen LogP contribution in [0.4, 0.5) is 0 Å². The summed E-state index contributed by atoms with van der Waals surface area (Å²) in [5.74, 6) is -1.09. The summed E-state index contributed by atoms with van der Waals surface area (Å²) in [6, 6.07) is 3.66. The molecule has 0 aliphatic carbocycles. The van der Waals surface area contributed by atoms with Crippen LogP contribution in [0.15, 0.2) is 12.1 Å². The van der Waals surface area contributed by atoms with Gasteiger partial charge in [0, 0.05) is 13.1 Å². The second kappa shape index (κ2) is 5.17. The van der Waals surface area contributed by atoms with E-state index in [2.05, 4.69) is 0 Å². The highest BCUT2D eigenvalue weighted by molar-refractivity contribution is 6.31. The average molecular weight is 265 g/mol. The summed E-state index contributed by atoms with van der Waals surface area (Å²) < 4.78 is 10.4. The molecule has 6 heteroatoms. The van der Waals surface area contributed by atoms with E-state index in [0.717, 1.165) is 11.1 Å². The predicted octanol–water partition coefficient (Wildman–Crippen LogP) is 0.673. The van der Waals surface area contributed by atoms with Crippen molar-refractivity contribution in [2.45, 2.75) is 13.0 Å². The largest absolute Gasteiger partial charge is 0.493 e. The number of hydrogen-bond acceptors (Lipinski definition) is 4. The summed E-state index contributed by atoms with van der Waals surface area (Å²) in [6.45, 7) is 0.675. The first-order chi connectivity index (χ1) is 9.06. The van der Waals surface area contributed by atoms with E-state index in [4.69, 9.17) is 14.6 Å². The molecule has 0 spiro atoms. The number of nitrogens with zero attached hydrogens (tertiary/aromatic N) is 1. The Morgan fingerprint density at radius 3 is 2.26 bits per heavy atom. The number of carboxylic acid groups (broad SMARTS) is 1. The Hall–Kier alpha value is -2.24. The van der Waals surface area contributed by atoms with E-state index >= 15 is 0 Å². The Labute approximate surface area is 110 Å². The van der Waals surface area contributed by atoms with Crippen LogP contribution in [-0.4, -0.2) is 42.6 Å². The molecule has 0 radical (unpaired) electrons. The number of benzene rings is 1. The fourth-order valence-electron chi connectivity index (χ4n) is 2.19. The lowest BCUT2D eigenvalue weighted by Gasteiger charge is -2.28. The summed E-state index contributed by atoms with van der Waals surface area (Å²) in [6.07, 6.45) is 0.606. The molecule has 0 saturated heterocycles. The first kappa shape index (κ1) is 13.2. The molecule has 0 atom stereocenters. The van der Waals surface area contributed by atoms with Crippen molar-refractivity contribution in [2.75, 3.05) is 20.8 Å². The van der Waals surface area contributed by atoms with E-state index < -0.39 is 11.9 Å². The van der Waals surface area contributed by atoms with Crippen LogP contribution in [0.5, 0.6) is 11.5 Å². The number of ether oxygens (including phenoxy) is 2. The van der Waals surface area contributed by atoms with Gasteiger partial charge in [-0.15, -0.1) is 0 Å². The molecule has 0 bridgehead atoms. The summed E-state index contributed by atoms with van der Waals surface area (Å²) in [7, 11) is 3.10. The van der Waals surface area contributed by atoms with Gasteiger partial charge in [0.2, 0.25) is 0 Å². The average Bonchev–Trinajstić information content (AvgIpc) is 2.44. The van der Waals surface area contributed by atoms with E-state index in [1.807, 2.05) is 6.07 Å². The molecule has 1 aromatic rings. The van der Waals surface area contributed by atoms with Gasteiger partial charge < -0.3 is 19.5 Å². The van der Waals surface area contributed by atoms with Crippen molar-refractivity contribution in [3.8, 4) is 11.5 Å². The summed E-state index contributed by atoms with van der Waals surface area (Å²) in [4.78, 5) is 23.5. The van der Waals surface area contributed by atoms with E-state index in [1.165, 1.54) is 12.0 Å². The van der Waals surface area contributed by atoms with E-state index in [1.54, 1.807) is 13.2 Å². The normalized spacial score (nSPS) is 13.7. The summed E-state index contributed by atoms with van der Waals surface area (Å²) in [5.41, 5.74) is 1.94. The summed E-state index contributed by atoms with van der Waals surface area (Å²) >= 11 is 0. The first-order valence-electron chi connectivity index (χ1n) is 5.82. The molecule has 2 rings (SSSR count). The van der Waals surface area contributed by atoms with Crippen LogP contribution in [0.25, 0.3) is 0 Å². The molecule has 6 nitrogen and oxygen atoms in total. The van der Waals surface area contributed by atoms with Crippen LogP contribution >= 0.6 is 0 Å². The van der Waals surface area contributed by atoms with Gasteiger partial charge >= 0.3 is 11.9 Å². The fourth-order valence-corrected chi connectivity index (χ4v) is 2.19. The molecule has 0 unspecified atom stereocenters. The lowest BCUT2D eigenvalue weighted by molar-refractivity contribution is -0.156. The summed E-state index contributed by atoms with van der Waals surface area (Å²) in [5, 5.41) is 8.73. The van der Waals surface area contributed by atoms with Crippen LogP contribution < -0.4 is 9.47 Å². The predicted molar refractivity (Wildman–Crippen MR) is 66.3 cm³/mol. The van der Waals surface area contributed by atoms with Gasteiger partial charge in [0.05, 0.1) is 14.2 Å². The number of amides is 1. The van der Waals surface area contributed by atoms with Gasteiger partial charge in [-0.3, -0.25) is 4.79 Å². The zero-order valence-electron chi connectivity index (χ0n) is 10.8. The molecule has 0 saturated carbocycles. The third-order valence-electron chi connectivity index (χ3n) is 3.19. The minimum atomic E-state index is -1.43. The van der Waals surface area contributed by atoms with Crippen LogP contribution in [0, 0.1) is 0 Å². The minimum Gasteiger partial charge on any atom is -0.493 e. The second-order valence-electron chi connectivity index (χ2n) is 4.26. The topological polar surface area (TPSA) is 76.1 Å². The van der Waals surface area contributed by atoms with Gasteiger partial charge in [-0.1, -0.05) is 0 Å². The fraction of sp³-hybridized carbons (Fsp3) is 0.385. The van der Waals surface area contributed by atoms with Crippen molar-refractivity contribution in [3.63, 3.8) is 0 Å². The van der Waals surface area contributed by atoms with E-state index in [9.17, 15) is 9.59 Å². The highest BCUT2D eigenvalue weighted by Gasteiger charge is 2.26. The number of rotatable bonds is 2. The molecular formula is C13H15NO5. The minimum absolute atomic E-state index is 0.279. The molecule has 0 fully saturated rings. The lowest BCUT2D eigenvalue weighted by atomic mass is 9.98. The van der Waals surface area contributed by atoms with Gasteiger partial charge in [0.25, 0.3) is 0 Å². The number of hydrogen-bond donors (Lipinski definition) is 1. The molecule has 19 heavy (non-hydrogen) atoms. The van der Waals surface area contributed by atoms with E-state index in [-0.39, 0.29) is 6.54 Å². The quantitative estimate of drug-likeness (QED) is 0.795. The van der Waals surface area contributed by atoms with Crippen molar-refractivity contribution in [1.29, 1.82) is 0 Å². The number of methoxy groups -OCH3 is 2. The highest BCUT2D eigenvalue weighted by atomic mass is 16.5. The molecule has 1 aliphatic heterocycles. The molecule has 1 amide bonds. The van der Waals surface area contributed by atoms with Crippen molar-refractivity contribution in [1.82, 2.24) is 4.90 Å². The third-order valence-corrected chi connectivity index (χ3v) is 3.19. The number of fused-ring (bicyclic) bond motifs is 1. The molecule has 1 heterocycles. The van der Waals surface area contributed by atoms with Gasteiger partial charge in [0.15, 0.2) is 11.5 Å². The smallest absolute Gasteiger partial charge is 0.394 e. The van der Waals surface area contributed by atoms with Crippen molar-refractivity contribution < 1.29 is 24.2 Å². The molecule has 1 N–H and O–H groups in total. The Kier molecular flexibility index (Phi) is 3.59. The van der Waals surface area contributed by atoms with Gasteiger partial charge in [-0.25, -0.2) is 4.79 Å². The maximum Gasteiger partial charge on any atom is 0.394 e. The monoisotopic (exact) mass is 265 g/mol. The van der Waals surface area contributed by atoms with Crippen LogP contribution in [0.1, 0.15) is 11.1 Å². The van der Waals surface area contributed by atoms with Crippen molar-refractivity contribution >= 4 is 11.9 Å². The van der Waals surface area contributed by atoms with Gasteiger partial charge in [0.1, 0.15) is 0 Å². The Morgan fingerprint density at radius 2 is 1.74 bits per heavy atom. The zero-order valence-corrected chi connectivity index (χ0v) is 10.8. The molecular weight excluding hydrogens is 250 g/mol. The molecule has 102 valence electrons. The lowest BCUT2D eigenvalue weighted by Crippen LogP contribution is -2.40. The standard InChI is InChI=1S/C13H15NO5/c1-18-10-5-8-3-4-14(12(15)13(16)17)7-9(8)6-11(10)19-2/h5-6H,3-4,7H2,1-2H3,(H,16,17). The zero-order chi connectivity index (χ0) is 14.0. The second-order valence-corrected chi connectivity index (χ2v) is 4.26. The SMILES string of the molecule is COc1cc2c(cc1OC)CN(C(=O)C(=O)O)CC2. The van der Waals surface area contributed by atoms with Crippen LogP contribution in [0.3, 0.4) is 0 Å². The number of carboxylic acids is 1. The van der Waals surface area contributed by atoms with Crippen molar-refractivity contribution in [2.24, 2.45) is 0 Å². The van der Waals surface area contributed by atoms with Crippen molar-refractivity contribution in [3.05, 3.63) is 23.3 Å². The third kappa shape index (κ3) is 2.47. The maximum atomic E-state index is 11.5. The maximum absolute atomic E-state index is 11.5. The van der Waals surface area contributed by atoms with Gasteiger partial charge in [-0.2, -0.15) is 0 Å². The van der Waals surface area contributed by atoms with E-state index in [0.29, 0.717) is 24.5 Å². The number of carbonyl (C=O) groups is 2. The van der Waals surface area contributed by atoms with Crippen LogP contribution in [0.2, 0.25) is 0 Å². The van der Waals surface area contributed by atoms with Gasteiger partial charge in [-0.05, 0) is 29.7 Å². The number of aliphatic carboxylic acids is 1. The first-order valence-corrected chi connectivity index (χ1v) is 5.82. The molecule has 0 aromatic heterocycles. The molecule has 1 aliphatic rings. The Morgan fingerprint density at radius 1 is 1.16 bits per heavy atom. The highest BCUT2D eigenvalue weighted by Crippen LogP contribution is 2.33. The van der Waals surface area contributed by atoms with Crippen LogP contribution in [-0.2, 0) is 22.6 Å². The Balaban J connectivity index is 2.30.